The highest BCUT2D eigenvalue weighted by Crippen LogP contribution is 2.23. The van der Waals surface area contributed by atoms with Crippen LogP contribution in [0.4, 0.5) is 0 Å². The second-order valence-electron chi connectivity index (χ2n) is 8.21. The van der Waals surface area contributed by atoms with Crippen LogP contribution in [0.2, 0.25) is 0 Å². The van der Waals surface area contributed by atoms with Crippen LogP contribution in [-0.4, -0.2) is 18.5 Å². The fourth-order valence-electron chi connectivity index (χ4n) is 3.17. The molecule has 0 heterocycles. The van der Waals surface area contributed by atoms with Crippen LogP contribution in [-0.2, 0) is 9.53 Å². The molecular formula is C27H36O4. The van der Waals surface area contributed by atoms with Crippen molar-refractivity contribution in [3.05, 3.63) is 54.1 Å². The van der Waals surface area contributed by atoms with Crippen molar-refractivity contribution in [3.63, 3.8) is 0 Å². The zero-order valence-electron chi connectivity index (χ0n) is 19.2. The van der Waals surface area contributed by atoms with E-state index in [4.69, 9.17) is 9.47 Å². The van der Waals surface area contributed by atoms with Gasteiger partial charge < -0.3 is 9.47 Å². The molecule has 0 radical (unpaired) electrons. The van der Waals surface area contributed by atoms with Gasteiger partial charge in [-0.25, -0.2) is 4.79 Å². The van der Waals surface area contributed by atoms with E-state index in [-0.39, 0.29) is 11.9 Å². The monoisotopic (exact) mass is 424 g/mol. The van der Waals surface area contributed by atoms with Crippen LogP contribution in [0.3, 0.4) is 0 Å². The van der Waals surface area contributed by atoms with E-state index in [2.05, 4.69) is 20.8 Å². The number of unbranched alkanes of at least 4 members (excludes halogenated alkanes) is 5. The van der Waals surface area contributed by atoms with Gasteiger partial charge in [-0.15, -0.1) is 0 Å². The first-order valence-electron chi connectivity index (χ1n) is 11.6. The molecular weight excluding hydrogens is 388 g/mol. The average molecular weight is 425 g/mol. The maximum Gasteiger partial charge on any atom is 0.338 e. The third-order valence-corrected chi connectivity index (χ3v) is 5.47. The summed E-state index contributed by atoms with van der Waals surface area (Å²) in [6, 6.07) is 14.8. The van der Waals surface area contributed by atoms with Gasteiger partial charge >= 0.3 is 11.9 Å². The lowest BCUT2D eigenvalue weighted by Gasteiger charge is -2.10. The van der Waals surface area contributed by atoms with Gasteiger partial charge in [-0.2, -0.15) is 0 Å². The summed E-state index contributed by atoms with van der Waals surface area (Å²) in [5.74, 6) is 0.453. The number of benzene rings is 2. The van der Waals surface area contributed by atoms with Crippen molar-refractivity contribution < 1.29 is 19.1 Å². The Labute approximate surface area is 187 Å². The molecule has 0 bridgehead atoms. The summed E-state index contributed by atoms with van der Waals surface area (Å²) in [5.41, 5.74) is 2.53. The van der Waals surface area contributed by atoms with Crippen molar-refractivity contribution in [3.8, 4) is 16.9 Å². The second kappa shape index (κ2) is 13.6. The molecule has 0 N–H and O–H groups in total. The van der Waals surface area contributed by atoms with Crippen molar-refractivity contribution in [2.24, 2.45) is 5.92 Å². The van der Waals surface area contributed by atoms with E-state index in [1.54, 1.807) is 12.1 Å². The van der Waals surface area contributed by atoms with E-state index >= 15 is 0 Å². The number of hydrogen-bond acceptors (Lipinski definition) is 4. The third-order valence-electron chi connectivity index (χ3n) is 5.47. The average Bonchev–Trinajstić information content (AvgIpc) is 2.80. The highest BCUT2D eigenvalue weighted by Gasteiger charge is 2.10. The van der Waals surface area contributed by atoms with Crippen molar-refractivity contribution >= 4 is 11.9 Å². The Morgan fingerprint density at radius 2 is 1.39 bits per heavy atom. The Morgan fingerprint density at radius 1 is 0.806 bits per heavy atom. The predicted molar refractivity (Wildman–Crippen MR) is 125 cm³/mol. The first-order valence-corrected chi connectivity index (χ1v) is 11.6. The number of esters is 2. The van der Waals surface area contributed by atoms with Crippen molar-refractivity contribution in [2.45, 2.75) is 72.1 Å². The lowest BCUT2D eigenvalue weighted by Crippen LogP contribution is -2.11. The topological polar surface area (TPSA) is 52.6 Å². The van der Waals surface area contributed by atoms with Gasteiger partial charge in [0.15, 0.2) is 0 Å². The summed E-state index contributed by atoms with van der Waals surface area (Å²) >= 11 is 0. The number of ether oxygens (including phenoxy) is 2. The molecule has 168 valence electrons. The van der Waals surface area contributed by atoms with Gasteiger partial charge in [0.1, 0.15) is 5.75 Å². The highest BCUT2D eigenvalue weighted by molar-refractivity contribution is 5.90. The molecule has 0 aliphatic rings. The second-order valence-corrected chi connectivity index (χ2v) is 8.21. The number of carbonyl (C=O) groups is 2. The van der Waals surface area contributed by atoms with Crippen LogP contribution in [0.1, 0.15) is 82.5 Å². The Hall–Kier alpha value is -2.62. The molecule has 0 saturated carbocycles. The van der Waals surface area contributed by atoms with E-state index < -0.39 is 0 Å². The molecule has 2 aromatic rings. The highest BCUT2D eigenvalue weighted by atomic mass is 16.5. The summed E-state index contributed by atoms with van der Waals surface area (Å²) in [4.78, 5) is 24.1. The largest absolute Gasteiger partial charge is 0.462 e. The summed E-state index contributed by atoms with van der Waals surface area (Å²) in [6.45, 7) is 6.78. The van der Waals surface area contributed by atoms with Gasteiger partial charge in [0, 0.05) is 6.42 Å². The Morgan fingerprint density at radius 3 is 2.00 bits per heavy atom. The Balaban J connectivity index is 1.81. The minimum atomic E-state index is -0.292. The van der Waals surface area contributed by atoms with Crippen LogP contribution in [0.25, 0.3) is 11.1 Å². The summed E-state index contributed by atoms with van der Waals surface area (Å²) in [5, 5.41) is 0. The minimum Gasteiger partial charge on any atom is -0.462 e. The fourth-order valence-corrected chi connectivity index (χ4v) is 3.17. The predicted octanol–water partition coefficient (Wildman–Crippen LogP) is 7.21. The minimum absolute atomic E-state index is 0.177. The molecule has 2 aromatic carbocycles. The molecule has 4 heteroatoms. The van der Waals surface area contributed by atoms with Crippen LogP contribution in [0, 0.1) is 5.92 Å². The first kappa shape index (κ1) is 24.6. The number of carbonyl (C=O) groups excluding carboxylic acids is 2. The Kier molecular flexibility index (Phi) is 10.8. The van der Waals surface area contributed by atoms with Crippen LogP contribution in [0.15, 0.2) is 48.5 Å². The van der Waals surface area contributed by atoms with Gasteiger partial charge in [0.25, 0.3) is 0 Å². The normalized spacial score (nSPS) is 11.7. The first-order chi connectivity index (χ1) is 15.0. The summed E-state index contributed by atoms with van der Waals surface area (Å²) in [7, 11) is 0. The standard InChI is InChI=1S/C27H36O4/c1-4-6-7-8-9-10-11-26(28)31-25-18-16-23(17-19-25)22-12-14-24(15-13-22)27(29)30-20-21(3)5-2/h12-19,21H,4-11,20H2,1-3H3/t21-/m0/s1. The van der Waals surface area contributed by atoms with E-state index in [1.807, 2.05) is 36.4 Å². The number of hydrogen-bond donors (Lipinski definition) is 0. The van der Waals surface area contributed by atoms with E-state index in [9.17, 15) is 9.59 Å². The molecule has 0 aromatic heterocycles. The van der Waals surface area contributed by atoms with E-state index in [1.165, 1.54) is 25.7 Å². The molecule has 0 saturated heterocycles. The molecule has 0 amide bonds. The lowest BCUT2D eigenvalue weighted by molar-refractivity contribution is -0.134. The maximum absolute atomic E-state index is 12.1. The summed E-state index contributed by atoms with van der Waals surface area (Å²) < 4.78 is 10.8. The smallest absolute Gasteiger partial charge is 0.338 e. The third kappa shape index (κ3) is 8.95. The van der Waals surface area contributed by atoms with Gasteiger partial charge in [0.2, 0.25) is 0 Å². The zero-order chi connectivity index (χ0) is 22.5. The molecule has 2 rings (SSSR count). The molecule has 1 atom stereocenters. The molecule has 0 aliphatic heterocycles. The summed E-state index contributed by atoms with van der Waals surface area (Å²) in [6.07, 6.45) is 8.33. The van der Waals surface area contributed by atoms with Gasteiger partial charge in [-0.05, 0) is 47.7 Å². The Bertz CT molecular complexity index is 793. The number of rotatable bonds is 13. The van der Waals surface area contributed by atoms with Crippen LogP contribution in [0.5, 0.6) is 5.75 Å². The van der Waals surface area contributed by atoms with Crippen molar-refractivity contribution in [2.75, 3.05) is 6.61 Å². The molecule has 31 heavy (non-hydrogen) atoms. The zero-order valence-corrected chi connectivity index (χ0v) is 19.2. The SMILES string of the molecule is CCCCCCCCC(=O)Oc1ccc(-c2ccc(C(=O)OC[C@@H](C)CC)cc2)cc1. The van der Waals surface area contributed by atoms with Gasteiger partial charge in [0.05, 0.1) is 12.2 Å². The molecule has 0 unspecified atom stereocenters. The van der Waals surface area contributed by atoms with Crippen molar-refractivity contribution in [1.29, 1.82) is 0 Å². The molecule has 0 fully saturated rings. The van der Waals surface area contributed by atoms with E-state index in [0.717, 1.165) is 30.4 Å². The van der Waals surface area contributed by atoms with Crippen LogP contribution < -0.4 is 4.74 Å². The van der Waals surface area contributed by atoms with E-state index in [0.29, 0.717) is 30.3 Å². The lowest BCUT2D eigenvalue weighted by atomic mass is 10.0. The molecule has 0 aliphatic carbocycles. The quantitative estimate of drug-likeness (QED) is 0.194. The van der Waals surface area contributed by atoms with Crippen molar-refractivity contribution in [1.82, 2.24) is 0 Å². The maximum atomic E-state index is 12.1. The molecule has 0 spiro atoms. The molecule has 4 nitrogen and oxygen atoms in total. The fraction of sp³-hybridized carbons (Fsp3) is 0.481. The van der Waals surface area contributed by atoms with Gasteiger partial charge in [-0.1, -0.05) is 83.6 Å². The van der Waals surface area contributed by atoms with Crippen LogP contribution >= 0.6 is 0 Å². The van der Waals surface area contributed by atoms with Gasteiger partial charge in [-0.3, -0.25) is 4.79 Å².